The van der Waals surface area contributed by atoms with Gasteiger partial charge in [-0.3, -0.25) is 0 Å². The number of nitrogens with one attached hydrogen (secondary N) is 2. The topological polar surface area (TPSA) is 83.1 Å². The second kappa shape index (κ2) is 8.07. The first-order valence-corrected chi connectivity index (χ1v) is 10.0. The fraction of sp³-hybridized carbons (Fsp3) is 0.348. The zero-order valence-electron chi connectivity index (χ0n) is 17.4. The lowest BCUT2D eigenvalue weighted by molar-refractivity contribution is 0.0293. The molecule has 1 aliphatic rings. The molecular weight excluding hydrogens is 378 g/mol. The van der Waals surface area contributed by atoms with Gasteiger partial charge in [-0.05, 0) is 51.3 Å². The van der Waals surface area contributed by atoms with Crippen LogP contribution < -0.4 is 5.32 Å². The van der Waals surface area contributed by atoms with Crippen LogP contribution in [0, 0.1) is 11.8 Å². The Kier molecular flexibility index (Phi) is 5.32. The highest BCUT2D eigenvalue weighted by Gasteiger charge is 2.30. The zero-order valence-corrected chi connectivity index (χ0v) is 17.4. The summed E-state index contributed by atoms with van der Waals surface area (Å²) in [6.07, 6.45) is 2.08. The van der Waals surface area contributed by atoms with Crippen LogP contribution in [0.15, 0.2) is 42.7 Å². The van der Waals surface area contributed by atoms with E-state index in [1.807, 2.05) is 57.2 Å². The maximum atomic E-state index is 12.3. The van der Waals surface area contributed by atoms with E-state index in [0.717, 1.165) is 34.5 Å². The van der Waals surface area contributed by atoms with Crippen LogP contribution in [0.1, 0.15) is 38.4 Å². The first-order valence-electron chi connectivity index (χ1n) is 10.0. The number of likely N-dealkylation sites (tertiary alicyclic amines) is 1. The summed E-state index contributed by atoms with van der Waals surface area (Å²) in [6, 6.07) is 11.9. The van der Waals surface area contributed by atoms with Crippen molar-refractivity contribution in [2.45, 2.75) is 38.8 Å². The smallest absolute Gasteiger partial charge is 0.410 e. The third-order valence-electron chi connectivity index (χ3n) is 4.72. The van der Waals surface area contributed by atoms with Gasteiger partial charge in [-0.2, -0.15) is 0 Å². The van der Waals surface area contributed by atoms with E-state index in [4.69, 9.17) is 4.74 Å². The normalized spacial score (nSPS) is 16.2. The van der Waals surface area contributed by atoms with Gasteiger partial charge in [0.15, 0.2) is 0 Å². The van der Waals surface area contributed by atoms with Gasteiger partial charge in [0.2, 0.25) is 0 Å². The summed E-state index contributed by atoms with van der Waals surface area (Å²) in [6.45, 7) is 6.85. The van der Waals surface area contributed by atoms with Crippen molar-refractivity contribution in [3.63, 3.8) is 0 Å². The minimum atomic E-state index is -0.496. The van der Waals surface area contributed by atoms with Crippen molar-refractivity contribution in [2.75, 3.05) is 18.4 Å². The van der Waals surface area contributed by atoms with Crippen molar-refractivity contribution in [2.24, 2.45) is 0 Å². The monoisotopic (exact) mass is 403 g/mol. The van der Waals surface area contributed by atoms with Gasteiger partial charge in [-0.1, -0.05) is 24.1 Å². The highest BCUT2D eigenvalue weighted by molar-refractivity contribution is 5.88. The van der Waals surface area contributed by atoms with Crippen LogP contribution in [0.3, 0.4) is 0 Å². The van der Waals surface area contributed by atoms with E-state index in [-0.39, 0.29) is 12.1 Å². The van der Waals surface area contributed by atoms with Gasteiger partial charge in [-0.25, -0.2) is 14.8 Å². The first kappa shape index (κ1) is 19.8. The fourth-order valence-corrected chi connectivity index (χ4v) is 3.35. The molecule has 30 heavy (non-hydrogen) atoms. The fourth-order valence-electron chi connectivity index (χ4n) is 3.35. The number of anilines is 1. The van der Waals surface area contributed by atoms with Gasteiger partial charge in [0, 0.05) is 24.7 Å². The van der Waals surface area contributed by atoms with E-state index < -0.39 is 5.60 Å². The number of carbonyl (C=O) groups is 1. The lowest BCUT2D eigenvalue weighted by atomic mass is 10.2. The third kappa shape index (κ3) is 4.71. The highest BCUT2D eigenvalue weighted by Crippen LogP contribution is 2.23. The quantitative estimate of drug-likeness (QED) is 0.637. The predicted octanol–water partition coefficient (Wildman–Crippen LogP) is 3.78. The molecule has 1 atom stereocenters. The Morgan fingerprint density at radius 2 is 2.03 bits per heavy atom. The van der Waals surface area contributed by atoms with Gasteiger partial charge in [0.25, 0.3) is 0 Å². The van der Waals surface area contributed by atoms with Crippen LogP contribution in [-0.4, -0.2) is 50.7 Å². The second-order valence-electron chi connectivity index (χ2n) is 8.34. The molecule has 3 heterocycles. The molecule has 0 aliphatic carbocycles. The van der Waals surface area contributed by atoms with Crippen LogP contribution in [0.2, 0.25) is 0 Å². The SMILES string of the molecule is CC(C)(C)OC(=O)N1CC[C@@H](Nc2ncnc3[nH]c(C#Cc4ccccc4)cc23)C1. The Labute approximate surface area is 175 Å². The standard InChI is InChI=1S/C23H25N5O2/c1-23(2,3)30-22(29)28-12-11-18(14-28)27-21-19-13-17(26-20(19)24-15-25-21)10-9-16-7-5-4-6-8-16/h4-8,13,15,18H,11-12,14H2,1-3H3,(H2,24,25,26,27)/t18-/m1/s1. The molecule has 2 N–H and O–H groups in total. The number of ether oxygens (including phenoxy) is 1. The molecule has 1 aromatic carbocycles. The number of benzene rings is 1. The predicted molar refractivity (Wildman–Crippen MR) is 116 cm³/mol. The van der Waals surface area contributed by atoms with Gasteiger partial charge in [0.05, 0.1) is 11.1 Å². The number of fused-ring (bicyclic) bond motifs is 1. The van der Waals surface area contributed by atoms with Crippen LogP contribution >= 0.6 is 0 Å². The summed E-state index contributed by atoms with van der Waals surface area (Å²) >= 11 is 0. The summed E-state index contributed by atoms with van der Waals surface area (Å²) < 4.78 is 5.47. The molecule has 2 aromatic heterocycles. The average molecular weight is 403 g/mol. The molecule has 0 unspecified atom stereocenters. The van der Waals surface area contributed by atoms with Gasteiger partial charge in [-0.15, -0.1) is 0 Å². The Morgan fingerprint density at radius 1 is 1.23 bits per heavy atom. The molecular formula is C23H25N5O2. The molecule has 0 saturated carbocycles. The molecule has 0 spiro atoms. The minimum absolute atomic E-state index is 0.101. The lowest BCUT2D eigenvalue weighted by Gasteiger charge is -2.24. The summed E-state index contributed by atoms with van der Waals surface area (Å²) in [5.74, 6) is 7.02. The number of carbonyl (C=O) groups excluding carboxylic acids is 1. The number of hydrogen-bond donors (Lipinski definition) is 2. The van der Waals surface area contributed by atoms with Crippen molar-refractivity contribution in [1.82, 2.24) is 19.9 Å². The zero-order chi connectivity index (χ0) is 21.1. The Bertz CT molecular complexity index is 1110. The molecule has 1 fully saturated rings. The number of amides is 1. The maximum Gasteiger partial charge on any atom is 0.410 e. The van der Waals surface area contributed by atoms with Crippen LogP contribution in [0.25, 0.3) is 11.0 Å². The molecule has 7 nitrogen and oxygen atoms in total. The number of aromatic nitrogens is 3. The summed E-state index contributed by atoms with van der Waals surface area (Å²) in [4.78, 5) is 26.0. The number of H-pyrrole nitrogens is 1. The Hall–Kier alpha value is -3.53. The van der Waals surface area contributed by atoms with Gasteiger partial charge < -0.3 is 19.9 Å². The molecule has 1 aliphatic heterocycles. The second-order valence-corrected chi connectivity index (χ2v) is 8.34. The van der Waals surface area contributed by atoms with E-state index in [0.29, 0.717) is 13.1 Å². The van der Waals surface area contributed by atoms with Crippen molar-refractivity contribution in [3.05, 3.63) is 54.0 Å². The molecule has 7 heteroatoms. The number of aromatic amines is 1. The molecule has 3 aromatic rings. The maximum absolute atomic E-state index is 12.3. The van der Waals surface area contributed by atoms with E-state index in [2.05, 4.69) is 32.1 Å². The van der Waals surface area contributed by atoms with Crippen molar-refractivity contribution in [3.8, 4) is 11.8 Å². The van der Waals surface area contributed by atoms with Crippen LogP contribution in [0.4, 0.5) is 10.6 Å². The third-order valence-corrected chi connectivity index (χ3v) is 4.72. The first-order chi connectivity index (χ1) is 14.4. The molecule has 0 radical (unpaired) electrons. The molecule has 154 valence electrons. The number of hydrogen-bond acceptors (Lipinski definition) is 5. The Balaban J connectivity index is 1.47. The van der Waals surface area contributed by atoms with Crippen molar-refractivity contribution < 1.29 is 9.53 Å². The molecule has 4 rings (SSSR count). The van der Waals surface area contributed by atoms with Gasteiger partial charge in [0.1, 0.15) is 23.4 Å². The largest absolute Gasteiger partial charge is 0.444 e. The van der Waals surface area contributed by atoms with E-state index in [1.165, 1.54) is 6.33 Å². The highest BCUT2D eigenvalue weighted by atomic mass is 16.6. The average Bonchev–Trinajstić information content (AvgIpc) is 3.33. The number of nitrogens with zero attached hydrogens (tertiary/aromatic N) is 3. The van der Waals surface area contributed by atoms with Gasteiger partial charge >= 0.3 is 6.09 Å². The number of rotatable bonds is 2. The molecule has 1 amide bonds. The van der Waals surface area contributed by atoms with E-state index >= 15 is 0 Å². The summed E-state index contributed by atoms with van der Waals surface area (Å²) in [5.41, 5.74) is 1.96. The van der Waals surface area contributed by atoms with Crippen LogP contribution in [0.5, 0.6) is 0 Å². The molecule has 1 saturated heterocycles. The summed E-state index contributed by atoms with van der Waals surface area (Å²) in [7, 11) is 0. The summed E-state index contributed by atoms with van der Waals surface area (Å²) in [5, 5.41) is 4.33. The lowest BCUT2D eigenvalue weighted by Crippen LogP contribution is -2.36. The van der Waals surface area contributed by atoms with Crippen molar-refractivity contribution in [1.29, 1.82) is 0 Å². The van der Waals surface area contributed by atoms with Crippen molar-refractivity contribution >= 4 is 22.9 Å². The Morgan fingerprint density at radius 3 is 2.80 bits per heavy atom. The molecule has 0 bridgehead atoms. The van der Waals surface area contributed by atoms with E-state index in [9.17, 15) is 4.79 Å². The minimum Gasteiger partial charge on any atom is -0.444 e. The van der Waals surface area contributed by atoms with Crippen LogP contribution in [-0.2, 0) is 4.74 Å². The van der Waals surface area contributed by atoms with E-state index in [1.54, 1.807) is 4.90 Å².